The summed E-state index contributed by atoms with van der Waals surface area (Å²) < 4.78 is 11.3. The number of ether oxygens (including phenoxy) is 2. The van der Waals surface area contributed by atoms with Crippen LogP contribution < -0.4 is 0 Å². The van der Waals surface area contributed by atoms with E-state index in [4.69, 9.17) is 9.47 Å². The molecular weight excluding hydrogens is 368 g/mol. The van der Waals surface area contributed by atoms with Crippen LogP contribution in [0.5, 0.6) is 0 Å². The van der Waals surface area contributed by atoms with Crippen molar-refractivity contribution >= 4 is 11.9 Å². The van der Waals surface area contributed by atoms with E-state index in [0.717, 1.165) is 44.9 Å². The molecule has 4 saturated carbocycles. The number of esters is 2. The Bertz CT molecular complexity index is 701. The van der Waals surface area contributed by atoms with E-state index < -0.39 is 5.60 Å². The molecule has 0 radical (unpaired) electrons. The highest BCUT2D eigenvalue weighted by atomic mass is 16.6. The van der Waals surface area contributed by atoms with Gasteiger partial charge in [-0.3, -0.25) is 9.59 Å². The zero-order valence-corrected chi connectivity index (χ0v) is 18.8. The van der Waals surface area contributed by atoms with Gasteiger partial charge < -0.3 is 14.6 Å². The Hall–Kier alpha value is -1.10. The van der Waals surface area contributed by atoms with Gasteiger partial charge in [-0.2, -0.15) is 0 Å². The van der Waals surface area contributed by atoms with Crippen molar-refractivity contribution in [3.63, 3.8) is 0 Å². The van der Waals surface area contributed by atoms with Gasteiger partial charge in [0.1, 0.15) is 12.7 Å². The van der Waals surface area contributed by atoms with Crippen LogP contribution in [-0.4, -0.2) is 35.4 Å². The number of rotatable bonds is 3. The molecule has 1 N–H and O–H groups in total. The van der Waals surface area contributed by atoms with Gasteiger partial charge in [0.15, 0.2) is 0 Å². The van der Waals surface area contributed by atoms with E-state index >= 15 is 0 Å². The van der Waals surface area contributed by atoms with Gasteiger partial charge >= 0.3 is 11.9 Å². The lowest BCUT2D eigenvalue weighted by Gasteiger charge is -2.65. The summed E-state index contributed by atoms with van der Waals surface area (Å²) in [6.45, 7) is 9.88. The lowest BCUT2D eigenvalue weighted by molar-refractivity contribution is -0.214. The lowest BCUT2D eigenvalue weighted by atomic mass is 9.40. The summed E-state index contributed by atoms with van der Waals surface area (Å²) in [6.07, 6.45) is 8.16. The molecular formula is C24H38O5. The third kappa shape index (κ3) is 3.14. The summed E-state index contributed by atoms with van der Waals surface area (Å²) in [5.74, 6) is 0.815. The Labute approximate surface area is 174 Å². The minimum atomic E-state index is -0.534. The Morgan fingerprint density at radius 2 is 1.69 bits per heavy atom. The first-order valence-corrected chi connectivity index (χ1v) is 11.5. The van der Waals surface area contributed by atoms with E-state index in [2.05, 4.69) is 13.8 Å². The molecule has 4 aliphatic rings. The maximum Gasteiger partial charge on any atom is 0.302 e. The van der Waals surface area contributed by atoms with Gasteiger partial charge in [-0.05, 0) is 86.9 Å². The highest BCUT2D eigenvalue weighted by molar-refractivity contribution is 5.66. The second-order valence-electron chi connectivity index (χ2n) is 11.4. The molecule has 4 rings (SSSR count). The van der Waals surface area contributed by atoms with E-state index in [1.165, 1.54) is 20.3 Å². The molecule has 0 heterocycles. The van der Waals surface area contributed by atoms with Crippen molar-refractivity contribution < 1.29 is 24.2 Å². The van der Waals surface area contributed by atoms with Crippen LogP contribution in [0.3, 0.4) is 0 Å². The fourth-order valence-electron chi connectivity index (χ4n) is 8.66. The van der Waals surface area contributed by atoms with Crippen LogP contribution in [0.2, 0.25) is 0 Å². The Kier molecular flexibility index (Phi) is 4.88. The van der Waals surface area contributed by atoms with Gasteiger partial charge in [-0.1, -0.05) is 13.8 Å². The summed E-state index contributed by atoms with van der Waals surface area (Å²) >= 11 is 0. The van der Waals surface area contributed by atoms with Crippen molar-refractivity contribution in [3.05, 3.63) is 0 Å². The number of aliphatic hydroxyl groups is 1. The molecule has 8 unspecified atom stereocenters. The number of carbonyl (C=O) groups is 2. The fraction of sp³-hybridized carbons (Fsp3) is 0.917. The predicted molar refractivity (Wildman–Crippen MR) is 109 cm³/mol. The number of fused-ring (bicyclic) bond motifs is 3. The smallest absolute Gasteiger partial charge is 0.302 e. The summed E-state index contributed by atoms with van der Waals surface area (Å²) in [5, 5.41) is 11.1. The molecule has 29 heavy (non-hydrogen) atoms. The molecule has 0 amide bonds. The zero-order valence-electron chi connectivity index (χ0n) is 18.8. The van der Waals surface area contributed by atoms with Crippen LogP contribution in [0.25, 0.3) is 0 Å². The van der Waals surface area contributed by atoms with Crippen LogP contribution in [0.15, 0.2) is 0 Å². The van der Waals surface area contributed by atoms with Crippen molar-refractivity contribution in [2.24, 2.45) is 34.0 Å². The normalized spacial score (nSPS) is 51.0. The summed E-state index contributed by atoms with van der Waals surface area (Å²) in [7, 11) is 0. The average molecular weight is 407 g/mol. The fourth-order valence-corrected chi connectivity index (χ4v) is 8.66. The minimum absolute atomic E-state index is 0.120. The van der Waals surface area contributed by atoms with Gasteiger partial charge in [0.25, 0.3) is 0 Å². The van der Waals surface area contributed by atoms with Crippen LogP contribution in [-0.2, 0) is 19.1 Å². The highest BCUT2D eigenvalue weighted by Gasteiger charge is 2.68. The number of hydrogen-bond acceptors (Lipinski definition) is 5. The number of carbonyl (C=O) groups excluding carboxylic acids is 2. The first-order valence-electron chi connectivity index (χ1n) is 11.5. The van der Waals surface area contributed by atoms with Crippen LogP contribution in [0, 0.1) is 34.0 Å². The van der Waals surface area contributed by atoms with Gasteiger partial charge in [0.05, 0.1) is 5.60 Å². The standard InChI is InChI=1S/C24H38O5/c1-15(25)28-14-22(4)18-8-11-24-12-17(23(5,27)13-24)6-7-19(24)21(18,3)10-9-20(22)29-16(2)26/h17-20,27H,6-14H2,1-5H3. The zero-order chi connectivity index (χ0) is 21.2. The van der Waals surface area contributed by atoms with Crippen molar-refractivity contribution in [3.8, 4) is 0 Å². The van der Waals surface area contributed by atoms with E-state index in [0.29, 0.717) is 24.4 Å². The van der Waals surface area contributed by atoms with Crippen molar-refractivity contribution in [2.45, 2.75) is 97.7 Å². The second-order valence-corrected chi connectivity index (χ2v) is 11.4. The van der Waals surface area contributed by atoms with Gasteiger partial charge in [0.2, 0.25) is 0 Å². The second kappa shape index (κ2) is 6.70. The first-order chi connectivity index (χ1) is 13.4. The van der Waals surface area contributed by atoms with E-state index in [9.17, 15) is 14.7 Å². The molecule has 0 saturated heterocycles. The maximum absolute atomic E-state index is 11.8. The van der Waals surface area contributed by atoms with Gasteiger partial charge in [-0.25, -0.2) is 0 Å². The van der Waals surface area contributed by atoms with Crippen molar-refractivity contribution in [1.82, 2.24) is 0 Å². The van der Waals surface area contributed by atoms with Crippen LogP contribution in [0.1, 0.15) is 86.0 Å². The Morgan fingerprint density at radius 1 is 0.966 bits per heavy atom. The van der Waals surface area contributed by atoms with E-state index in [-0.39, 0.29) is 34.3 Å². The summed E-state index contributed by atoms with van der Waals surface area (Å²) in [4.78, 5) is 23.5. The summed E-state index contributed by atoms with van der Waals surface area (Å²) in [5.41, 5.74) is -0.540. The van der Waals surface area contributed by atoms with Gasteiger partial charge in [-0.15, -0.1) is 0 Å². The predicted octanol–water partition coefficient (Wildman–Crippen LogP) is 4.26. The molecule has 0 aromatic heterocycles. The molecule has 164 valence electrons. The topological polar surface area (TPSA) is 72.8 Å². The molecule has 0 aliphatic heterocycles. The molecule has 5 nitrogen and oxygen atoms in total. The average Bonchev–Trinajstić information content (AvgIpc) is 2.80. The quantitative estimate of drug-likeness (QED) is 0.709. The Morgan fingerprint density at radius 3 is 2.34 bits per heavy atom. The van der Waals surface area contributed by atoms with Gasteiger partial charge in [0, 0.05) is 19.3 Å². The largest absolute Gasteiger partial charge is 0.465 e. The third-order valence-corrected chi connectivity index (χ3v) is 9.68. The molecule has 0 aromatic rings. The number of hydrogen-bond donors (Lipinski definition) is 1. The molecule has 4 fully saturated rings. The molecule has 5 heteroatoms. The molecule has 2 bridgehead atoms. The van der Waals surface area contributed by atoms with E-state index in [1.54, 1.807) is 0 Å². The molecule has 4 aliphatic carbocycles. The SMILES string of the molecule is CC(=O)OCC1(C)C(OC(C)=O)CCC2(C)C3CCC4CC3(CCC12)CC4(C)O. The van der Waals surface area contributed by atoms with Crippen molar-refractivity contribution in [1.29, 1.82) is 0 Å². The Balaban J connectivity index is 1.68. The summed E-state index contributed by atoms with van der Waals surface area (Å²) in [6, 6.07) is 0. The molecule has 0 aromatic carbocycles. The maximum atomic E-state index is 11.8. The van der Waals surface area contributed by atoms with Crippen molar-refractivity contribution in [2.75, 3.05) is 6.61 Å². The van der Waals surface area contributed by atoms with Crippen LogP contribution in [0.4, 0.5) is 0 Å². The monoisotopic (exact) mass is 406 g/mol. The first kappa shape index (κ1) is 21.1. The minimum Gasteiger partial charge on any atom is -0.465 e. The third-order valence-electron chi connectivity index (χ3n) is 9.68. The lowest BCUT2D eigenvalue weighted by Crippen LogP contribution is -2.62. The molecule has 1 spiro atoms. The van der Waals surface area contributed by atoms with Crippen LogP contribution >= 0.6 is 0 Å². The highest BCUT2D eigenvalue weighted by Crippen LogP contribution is 2.73. The van der Waals surface area contributed by atoms with E-state index in [1.807, 2.05) is 6.92 Å². The molecule has 8 atom stereocenters.